The highest BCUT2D eigenvalue weighted by Crippen LogP contribution is 2.34. The maximum atomic E-state index is 10.8. The van der Waals surface area contributed by atoms with Gasteiger partial charge in [-0.25, -0.2) is 4.68 Å². The minimum atomic E-state index is -0.468. The number of nitrogen functional groups attached to an aromatic ring is 1. The van der Waals surface area contributed by atoms with Crippen LogP contribution in [0, 0.1) is 16.0 Å². The second kappa shape index (κ2) is 5.37. The molecule has 1 saturated carbocycles. The van der Waals surface area contributed by atoms with Gasteiger partial charge in [-0.2, -0.15) is 5.10 Å². The van der Waals surface area contributed by atoms with Gasteiger partial charge in [0.1, 0.15) is 6.20 Å². The maximum absolute atomic E-state index is 10.8. The molecule has 18 heavy (non-hydrogen) atoms. The number of nitro groups is 1. The Morgan fingerprint density at radius 2 is 2.28 bits per heavy atom. The van der Waals surface area contributed by atoms with Crippen LogP contribution in [0.1, 0.15) is 51.5 Å². The Kier molecular flexibility index (Phi) is 3.84. The summed E-state index contributed by atoms with van der Waals surface area (Å²) in [7, 11) is 0. The Hall–Kier alpha value is -1.59. The molecule has 0 aromatic carbocycles. The molecule has 0 radical (unpaired) electrons. The van der Waals surface area contributed by atoms with E-state index in [1.807, 2.05) is 0 Å². The quantitative estimate of drug-likeness (QED) is 0.509. The normalized spacial score (nSPS) is 24.7. The Bertz CT molecular complexity index is 430. The average molecular weight is 252 g/mol. The van der Waals surface area contributed by atoms with Crippen molar-refractivity contribution >= 4 is 11.5 Å². The molecule has 2 unspecified atom stereocenters. The van der Waals surface area contributed by atoms with Crippen LogP contribution >= 0.6 is 0 Å². The van der Waals surface area contributed by atoms with Gasteiger partial charge in [0.15, 0.2) is 0 Å². The highest BCUT2D eigenvalue weighted by Gasteiger charge is 2.25. The van der Waals surface area contributed by atoms with Gasteiger partial charge in [0.2, 0.25) is 5.82 Å². The summed E-state index contributed by atoms with van der Waals surface area (Å²) in [6, 6.07) is 0.218. The number of anilines is 1. The highest BCUT2D eigenvalue weighted by molar-refractivity contribution is 5.51. The number of hydrogen-bond acceptors (Lipinski definition) is 4. The molecule has 2 atom stereocenters. The van der Waals surface area contributed by atoms with Crippen LogP contribution in [-0.2, 0) is 0 Å². The van der Waals surface area contributed by atoms with E-state index in [0.717, 1.165) is 31.6 Å². The molecule has 0 bridgehead atoms. The fraction of sp³-hybridized carbons (Fsp3) is 0.750. The minimum Gasteiger partial charge on any atom is -0.378 e. The summed E-state index contributed by atoms with van der Waals surface area (Å²) in [5.41, 5.74) is 5.73. The standard InChI is InChI=1S/C12H20N4O2/c1-2-9-4-3-5-10(7-6-9)15-12(13)11(8-14-15)16(17)18/h8-10H,2-7,13H2,1H3. The van der Waals surface area contributed by atoms with Crippen LogP contribution in [0.25, 0.3) is 0 Å². The lowest BCUT2D eigenvalue weighted by Gasteiger charge is -2.16. The molecule has 1 aromatic rings. The third kappa shape index (κ3) is 2.47. The number of nitrogens with two attached hydrogens (primary N) is 1. The van der Waals surface area contributed by atoms with E-state index in [1.54, 1.807) is 4.68 Å². The van der Waals surface area contributed by atoms with Crippen molar-refractivity contribution in [3.8, 4) is 0 Å². The molecule has 1 aromatic heterocycles. The van der Waals surface area contributed by atoms with E-state index in [0.29, 0.717) is 0 Å². The van der Waals surface area contributed by atoms with Crippen molar-refractivity contribution in [2.24, 2.45) is 5.92 Å². The second-order valence-electron chi connectivity index (χ2n) is 5.05. The molecule has 1 fully saturated rings. The first-order valence-corrected chi connectivity index (χ1v) is 6.60. The third-order valence-corrected chi connectivity index (χ3v) is 3.99. The van der Waals surface area contributed by atoms with E-state index in [-0.39, 0.29) is 17.5 Å². The number of rotatable bonds is 3. The van der Waals surface area contributed by atoms with Crippen molar-refractivity contribution in [1.82, 2.24) is 9.78 Å². The van der Waals surface area contributed by atoms with Crippen LogP contribution in [0.4, 0.5) is 11.5 Å². The van der Waals surface area contributed by atoms with E-state index < -0.39 is 4.92 Å². The van der Waals surface area contributed by atoms with Crippen molar-refractivity contribution in [2.45, 2.75) is 51.5 Å². The summed E-state index contributed by atoms with van der Waals surface area (Å²) in [6.07, 6.45) is 8.06. The Balaban J connectivity index is 2.14. The zero-order valence-corrected chi connectivity index (χ0v) is 10.7. The Labute approximate surface area is 106 Å². The molecule has 0 saturated heterocycles. The zero-order valence-electron chi connectivity index (χ0n) is 10.7. The van der Waals surface area contributed by atoms with Crippen LogP contribution in [-0.4, -0.2) is 14.7 Å². The highest BCUT2D eigenvalue weighted by atomic mass is 16.6. The largest absolute Gasteiger partial charge is 0.378 e. The van der Waals surface area contributed by atoms with E-state index >= 15 is 0 Å². The fourth-order valence-electron chi connectivity index (χ4n) is 2.81. The first-order chi connectivity index (χ1) is 8.63. The lowest BCUT2D eigenvalue weighted by Crippen LogP contribution is -2.13. The summed E-state index contributed by atoms with van der Waals surface area (Å²) in [5.74, 6) is 0.974. The smallest absolute Gasteiger partial charge is 0.330 e. The first kappa shape index (κ1) is 12.9. The maximum Gasteiger partial charge on any atom is 0.330 e. The van der Waals surface area contributed by atoms with Gasteiger partial charge < -0.3 is 5.73 Å². The Morgan fingerprint density at radius 3 is 2.89 bits per heavy atom. The average Bonchev–Trinajstić information content (AvgIpc) is 2.60. The number of hydrogen-bond donors (Lipinski definition) is 1. The van der Waals surface area contributed by atoms with Crippen molar-refractivity contribution in [3.05, 3.63) is 16.3 Å². The van der Waals surface area contributed by atoms with Gasteiger partial charge in [-0.1, -0.05) is 26.2 Å². The van der Waals surface area contributed by atoms with Crippen LogP contribution in [0.2, 0.25) is 0 Å². The summed E-state index contributed by atoms with van der Waals surface area (Å²) < 4.78 is 1.65. The van der Waals surface area contributed by atoms with Gasteiger partial charge in [0, 0.05) is 0 Å². The van der Waals surface area contributed by atoms with E-state index in [2.05, 4.69) is 12.0 Å². The van der Waals surface area contributed by atoms with Crippen molar-refractivity contribution in [1.29, 1.82) is 0 Å². The van der Waals surface area contributed by atoms with Crippen LogP contribution in [0.5, 0.6) is 0 Å². The molecular weight excluding hydrogens is 232 g/mol. The van der Waals surface area contributed by atoms with Gasteiger partial charge in [-0.15, -0.1) is 0 Å². The molecule has 1 aliphatic rings. The summed E-state index contributed by atoms with van der Waals surface area (Å²) in [4.78, 5) is 10.3. The molecule has 0 spiro atoms. The van der Waals surface area contributed by atoms with E-state index in [4.69, 9.17) is 5.73 Å². The molecule has 2 rings (SSSR count). The van der Waals surface area contributed by atoms with E-state index in [9.17, 15) is 10.1 Å². The first-order valence-electron chi connectivity index (χ1n) is 6.60. The molecule has 1 heterocycles. The van der Waals surface area contributed by atoms with Gasteiger partial charge in [-0.05, 0) is 25.2 Å². The predicted molar refractivity (Wildman–Crippen MR) is 69.2 cm³/mol. The van der Waals surface area contributed by atoms with Gasteiger partial charge >= 0.3 is 5.69 Å². The molecule has 6 nitrogen and oxygen atoms in total. The molecule has 0 amide bonds. The Morgan fingerprint density at radius 1 is 1.50 bits per heavy atom. The fourth-order valence-corrected chi connectivity index (χ4v) is 2.81. The SMILES string of the molecule is CCC1CCCC(n2ncc([N+](=O)[O-])c2N)CC1. The molecule has 2 N–H and O–H groups in total. The number of nitrogens with zero attached hydrogens (tertiary/aromatic N) is 3. The molecule has 1 aliphatic carbocycles. The zero-order chi connectivity index (χ0) is 13.1. The van der Waals surface area contributed by atoms with Crippen molar-refractivity contribution < 1.29 is 4.92 Å². The third-order valence-electron chi connectivity index (χ3n) is 3.99. The van der Waals surface area contributed by atoms with E-state index in [1.165, 1.54) is 19.0 Å². The van der Waals surface area contributed by atoms with Crippen LogP contribution in [0.15, 0.2) is 6.20 Å². The van der Waals surface area contributed by atoms with Crippen molar-refractivity contribution in [2.75, 3.05) is 5.73 Å². The molecule has 6 heteroatoms. The topological polar surface area (TPSA) is 87.0 Å². The predicted octanol–water partition coefficient (Wildman–Crippen LogP) is 2.90. The summed E-state index contributed by atoms with van der Waals surface area (Å²) >= 11 is 0. The lowest BCUT2D eigenvalue weighted by molar-refractivity contribution is -0.384. The van der Waals surface area contributed by atoms with Gasteiger partial charge in [0.25, 0.3) is 0 Å². The monoisotopic (exact) mass is 252 g/mol. The van der Waals surface area contributed by atoms with Gasteiger partial charge in [-0.3, -0.25) is 10.1 Å². The van der Waals surface area contributed by atoms with Crippen LogP contribution in [0.3, 0.4) is 0 Å². The molecular formula is C12H20N4O2. The van der Waals surface area contributed by atoms with Crippen LogP contribution < -0.4 is 5.73 Å². The summed E-state index contributed by atoms with van der Waals surface area (Å²) in [6.45, 7) is 2.22. The molecule has 0 aliphatic heterocycles. The number of aromatic nitrogens is 2. The van der Waals surface area contributed by atoms with Crippen molar-refractivity contribution in [3.63, 3.8) is 0 Å². The lowest BCUT2D eigenvalue weighted by atomic mass is 9.98. The summed E-state index contributed by atoms with van der Waals surface area (Å²) in [5, 5.41) is 14.9. The van der Waals surface area contributed by atoms with Gasteiger partial charge in [0.05, 0.1) is 11.0 Å². The minimum absolute atomic E-state index is 0.0775. The molecule has 100 valence electrons. The second-order valence-corrected chi connectivity index (χ2v) is 5.05.